The molecule has 1 amide bonds. The molecule has 0 spiro atoms. The molecule has 3 rings (SSSR count). The third kappa shape index (κ3) is 3.31. The van der Waals surface area contributed by atoms with Crippen molar-refractivity contribution in [2.75, 3.05) is 5.32 Å². The Bertz CT molecular complexity index is 779. The Hall–Kier alpha value is -2.48. The first-order valence-electron chi connectivity index (χ1n) is 6.86. The first-order valence-corrected chi connectivity index (χ1v) is 7.23. The summed E-state index contributed by atoms with van der Waals surface area (Å²) in [6.45, 7) is 0.236. The van der Waals surface area contributed by atoms with Gasteiger partial charge in [-0.25, -0.2) is 9.07 Å². The number of carbonyl (C=O) groups excluding carboxylic acids is 1. The lowest BCUT2D eigenvalue weighted by molar-refractivity contribution is -0.497. The van der Waals surface area contributed by atoms with Crippen molar-refractivity contribution in [3.8, 4) is 0 Å². The molecule has 23 heavy (non-hydrogen) atoms. The Morgan fingerprint density at radius 2 is 2.30 bits per heavy atom. The molecule has 1 aromatic carbocycles. The Morgan fingerprint density at radius 1 is 1.52 bits per heavy atom. The van der Waals surface area contributed by atoms with Gasteiger partial charge in [0.2, 0.25) is 11.9 Å². The van der Waals surface area contributed by atoms with Crippen LogP contribution in [0.1, 0.15) is 12.0 Å². The predicted octanol–water partition coefficient (Wildman–Crippen LogP) is 2.33. The molecule has 2 atom stereocenters. The molecule has 1 fully saturated rings. The number of anilines is 1. The molecule has 1 heterocycles. The number of hydrogen-bond acceptors (Lipinski definition) is 4. The first-order chi connectivity index (χ1) is 11.0. The highest BCUT2D eigenvalue weighted by Crippen LogP contribution is 2.34. The molecule has 1 aliphatic rings. The maximum absolute atomic E-state index is 13.5. The van der Waals surface area contributed by atoms with Crippen molar-refractivity contribution in [3.05, 3.63) is 57.0 Å². The van der Waals surface area contributed by atoms with Crippen molar-refractivity contribution < 1.29 is 14.1 Å². The molecular weight excluding hydrogens is 327 g/mol. The molecule has 1 aliphatic carbocycles. The fourth-order valence-electron chi connectivity index (χ4n) is 2.29. The van der Waals surface area contributed by atoms with Gasteiger partial charge in [-0.3, -0.25) is 14.9 Å². The standard InChI is InChI=1S/C14H12ClFN4O3/c15-10-2-1-8(5-11(10)16)7-19-13(3-4-17-19)18-14(21)9-6-12(9)20(22)23/h1-5,9,12H,6-7H2,(H,18,21). The lowest BCUT2D eigenvalue weighted by Gasteiger charge is -2.09. The quantitative estimate of drug-likeness (QED) is 0.669. The second kappa shape index (κ2) is 5.96. The summed E-state index contributed by atoms with van der Waals surface area (Å²) >= 11 is 5.63. The molecule has 9 heteroatoms. The number of rotatable bonds is 5. The zero-order chi connectivity index (χ0) is 16.6. The lowest BCUT2D eigenvalue weighted by atomic mass is 10.2. The molecule has 0 saturated heterocycles. The van der Waals surface area contributed by atoms with E-state index < -0.39 is 28.6 Å². The fourth-order valence-corrected chi connectivity index (χ4v) is 2.41. The number of carbonyl (C=O) groups is 1. The van der Waals surface area contributed by atoms with Crippen LogP contribution in [0, 0.1) is 21.8 Å². The number of amides is 1. The van der Waals surface area contributed by atoms with Crippen molar-refractivity contribution in [1.82, 2.24) is 9.78 Å². The zero-order valence-corrected chi connectivity index (χ0v) is 12.5. The van der Waals surface area contributed by atoms with Gasteiger partial charge in [0.25, 0.3) is 0 Å². The second-order valence-corrected chi connectivity index (χ2v) is 5.71. The number of benzene rings is 1. The van der Waals surface area contributed by atoms with E-state index in [1.807, 2.05) is 0 Å². The van der Waals surface area contributed by atoms with Crippen LogP contribution in [-0.2, 0) is 11.3 Å². The molecule has 1 saturated carbocycles. The van der Waals surface area contributed by atoms with Gasteiger partial charge in [-0.1, -0.05) is 17.7 Å². The van der Waals surface area contributed by atoms with Gasteiger partial charge in [0.05, 0.1) is 17.8 Å². The van der Waals surface area contributed by atoms with Crippen molar-refractivity contribution >= 4 is 23.3 Å². The van der Waals surface area contributed by atoms with Crippen LogP contribution >= 0.6 is 11.6 Å². The molecule has 0 bridgehead atoms. The van der Waals surface area contributed by atoms with E-state index in [1.165, 1.54) is 23.0 Å². The predicted molar refractivity (Wildman–Crippen MR) is 80.3 cm³/mol. The van der Waals surface area contributed by atoms with E-state index in [9.17, 15) is 19.3 Å². The van der Waals surface area contributed by atoms with Crippen LogP contribution in [0.3, 0.4) is 0 Å². The third-order valence-corrected chi connectivity index (χ3v) is 3.96. The van der Waals surface area contributed by atoms with Gasteiger partial charge < -0.3 is 5.32 Å². The van der Waals surface area contributed by atoms with Crippen molar-refractivity contribution in [2.24, 2.45) is 5.92 Å². The summed E-state index contributed by atoms with van der Waals surface area (Å²) in [7, 11) is 0. The van der Waals surface area contributed by atoms with Crippen LogP contribution < -0.4 is 5.32 Å². The maximum atomic E-state index is 13.5. The normalized spacial score (nSPS) is 19.4. The van der Waals surface area contributed by atoms with Crippen LogP contribution in [-0.4, -0.2) is 26.7 Å². The van der Waals surface area contributed by atoms with Gasteiger partial charge in [0.1, 0.15) is 17.6 Å². The summed E-state index contributed by atoms with van der Waals surface area (Å²) in [5, 5.41) is 17.3. The highest BCUT2D eigenvalue weighted by molar-refractivity contribution is 6.30. The average Bonchev–Trinajstić information content (AvgIpc) is 3.21. The highest BCUT2D eigenvalue weighted by Gasteiger charge is 2.53. The largest absolute Gasteiger partial charge is 0.310 e. The van der Waals surface area contributed by atoms with Crippen LogP contribution in [0.25, 0.3) is 0 Å². The minimum absolute atomic E-state index is 0.0299. The zero-order valence-electron chi connectivity index (χ0n) is 11.8. The summed E-state index contributed by atoms with van der Waals surface area (Å²) in [4.78, 5) is 22.1. The first kappa shape index (κ1) is 15.4. The molecule has 2 unspecified atom stereocenters. The minimum atomic E-state index is -0.809. The Balaban J connectivity index is 1.69. The maximum Gasteiger partial charge on any atom is 0.235 e. The van der Waals surface area contributed by atoms with E-state index >= 15 is 0 Å². The SMILES string of the molecule is O=C(Nc1ccnn1Cc1ccc(Cl)c(F)c1)C1CC1[N+](=O)[O-]. The second-order valence-electron chi connectivity index (χ2n) is 5.31. The molecule has 120 valence electrons. The van der Waals surface area contributed by atoms with Crippen molar-refractivity contribution in [3.63, 3.8) is 0 Å². The van der Waals surface area contributed by atoms with Crippen LogP contribution in [0.4, 0.5) is 10.2 Å². The monoisotopic (exact) mass is 338 g/mol. The fraction of sp³-hybridized carbons (Fsp3) is 0.286. The van der Waals surface area contributed by atoms with Gasteiger partial charge in [-0.05, 0) is 17.7 Å². The van der Waals surface area contributed by atoms with Gasteiger partial charge in [0.15, 0.2) is 0 Å². The third-order valence-electron chi connectivity index (χ3n) is 3.65. The molecule has 0 radical (unpaired) electrons. The summed E-state index contributed by atoms with van der Waals surface area (Å²) in [5.74, 6) is -1.15. The minimum Gasteiger partial charge on any atom is -0.310 e. The highest BCUT2D eigenvalue weighted by atomic mass is 35.5. The molecule has 2 aromatic rings. The van der Waals surface area contributed by atoms with E-state index in [-0.39, 0.29) is 18.0 Å². The topological polar surface area (TPSA) is 90.1 Å². The smallest absolute Gasteiger partial charge is 0.235 e. The Morgan fingerprint density at radius 3 is 2.96 bits per heavy atom. The molecule has 1 aromatic heterocycles. The Labute approximate surface area is 135 Å². The van der Waals surface area contributed by atoms with E-state index in [1.54, 1.807) is 12.1 Å². The number of hydrogen-bond donors (Lipinski definition) is 1. The van der Waals surface area contributed by atoms with Gasteiger partial charge in [-0.2, -0.15) is 5.10 Å². The van der Waals surface area contributed by atoms with Crippen LogP contribution in [0.2, 0.25) is 5.02 Å². The number of nitrogens with one attached hydrogen (secondary N) is 1. The number of nitro groups is 1. The van der Waals surface area contributed by atoms with Crippen molar-refractivity contribution in [1.29, 1.82) is 0 Å². The summed E-state index contributed by atoms with van der Waals surface area (Å²) in [6, 6.07) is 5.16. The van der Waals surface area contributed by atoms with E-state index in [4.69, 9.17) is 11.6 Å². The van der Waals surface area contributed by atoms with Gasteiger partial charge in [-0.15, -0.1) is 0 Å². The number of halogens is 2. The van der Waals surface area contributed by atoms with Crippen LogP contribution in [0.15, 0.2) is 30.5 Å². The number of nitrogens with zero attached hydrogens (tertiary/aromatic N) is 3. The van der Waals surface area contributed by atoms with Gasteiger partial charge >= 0.3 is 0 Å². The van der Waals surface area contributed by atoms with Gasteiger partial charge in [0, 0.05) is 17.4 Å². The number of aromatic nitrogens is 2. The molecule has 1 N–H and O–H groups in total. The van der Waals surface area contributed by atoms with Crippen LogP contribution in [0.5, 0.6) is 0 Å². The lowest BCUT2D eigenvalue weighted by Crippen LogP contribution is -2.20. The molecule has 0 aliphatic heterocycles. The van der Waals surface area contributed by atoms with E-state index in [0.29, 0.717) is 11.4 Å². The van der Waals surface area contributed by atoms with Crippen molar-refractivity contribution in [2.45, 2.75) is 19.0 Å². The molecular formula is C14H12ClFN4O3. The summed E-state index contributed by atoms with van der Waals surface area (Å²) < 4.78 is 14.9. The molecule has 7 nitrogen and oxygen atoms in total. The average molecular weight is 339 g/mol. The Kier molecular flexibility index (Phi) is 3.99. The summed E-state index contributed by atoms with van der Waals surface area (Å²) in [5.41, 5.74) is 0.626. The van der Waals surface area contributed by atoms with E-state index in [2.05, 4.69) is 10.4 Å². The van der Waals surface area contributed by atoms with E-state index in [0.717, 1.165) is 0 Å². The summed E-state index contributed by atoms with van der Waals surface area (Å²) in [6.07, 6.45) is 1.73.